The highest BCUT2D eigenvalue weighted by Gasteiger charge is 2.29. The van der Waals surface area contributed by atoms with E-state index in [1.54, 1.807) is 30.3 Å². The second-order valence-electron chi connectivity index (χ2n) is 6.83. The van der Waals surface area contributed by atoms with Gasteiger partial charge in [0.2, 0.25) is 0 Å². The van der Waals surface area contributed by atoms with Crippen LogP contribution in [0.25, 0.3) is 11.1 Å². The molecule has 0 saturated carbocycles. The van der Waals surface area contributed by atoms with Gasteiger partial charge in [-0.1, -0.05) is 24.3 Å². The molecule has 0 radical (unpaired) electrons. The summed E-state index contributed by atoms with van der Waals surface area (Å²) in [6.07, 6.45) is 0.747. The summed E-state index contributed by atoms with van der Waals surface area (Å²) in [6, 6.07) is 14.6. The zero-order chi connectivity index (χ0) is 19.4. The molecule has 2 aromatic rings. The molecule has 6 nitrogen and oxygen atoms in total. The van der Waals surface area contributed by atoms with Crippen LogP contribution in [-0.2, 0) is 4.74 Å². The summed E-state index contributed by atoms with van der Waals surface area (Å²) in [5.41, 5.74) is 2.87. The smallest absolute Gasteiger partial charge is 0.337 e. The molecular weight excluding hydrogens is 344 g/mol. The molecule has 2 aromatic carbocycles. The Morgan fingerprint density at radius 2 is 1.89 bits per heavy atom. The Morgan fingerprint density at radius 1 is 1.15 bits per heavy atom. The van der Waals surface area contributed by atoms with Crippen molar-refractivity contribution in [1.29, 1.82) is 0 Å². The highest BCUT2D eigenvalue weighted by Crippen LogP contribution is 2.22. The van der Waals surface area contributed by atoms with E-state index >= 15 is 0 Å². The molecule has 0 aromatic heterocycles. The van der Waals surface area contributed by atoms with Crippen molar-refractivity contribution < 1.29 is 19.4 Å². The predicted octanol–water partition coefficient (Wildman–Crippen LogP) is 1.93. The molecule has 1 aliphatic heterocycles. The Balaban J connectivity index is 1.68. The molecule has 2 N–H and O–H groups in total. The number of esters is 1. The summed E-state index contributed by atoms with van der Waals surface area (Å²) < 4.78 is 4.75. The van der Waals surface area contributed by atoms with E-state index in [0.717, 1.165) is 24.1 Å². The van der Waals surface area contributed by atoms with Gasteiger partial charge in [-0.15, -0.1) is 0 Å². The molecule has 3 rings (SSSR count). The third kappa shape index (κ3) is 4.35. The van der Waals surface area contributed by atoms with Crippen molar-refractivity contribution in [1.82, 2.24) is 10.2 Å². The standard InChI is InChI=1S/C21H24N2O4/c1-23-12-18(11-19(23)13-24)22-20(25)15-8-6-14(7-9-15)16-4-3-5-17(10-16)21(26)27-2/h3-10,18-19,24H,11-13H2,1-2H3,(H,22,25). The van der Waals surface area contributed by atoms with Crippen molar-refractivity contribution >= 4 is 11.9 Å². The maximum absolute atomic E-state index is 12.5. The number of likely N-dealkylation sites (N-methyl/N-ethyl adjacent to an activating group) is 1. The van der Waals surface area contributed by atoms with Crippen molar-refractivity contribution in [2.24, 2.45) is 0 Å². The number of nitrogens with one attached hydrogen (secondary N) is 1. The number of benzene rings is 2. The number of hydrogen-bond donors (Lipinski definition) is 2. The van der Waals surface area contributed by atoms with Gasteiger partial charge in [0.05, 0.1) is 19.3 Å². The Kier molecular flexibility index (Phi) is 5.88. The summed E-state index contributed by atoms with van der Waals surface area (Å²) in [7, 11) is 3.30. The normalized spacial score (nSPS) is 19.7. The molecule has 1 fully saturated rings. The van der Waals surface area contributed by atoms with Gasteiger partial charge in [-0.05, 0) is 48.9 Å². The first kappa shape index (κ1) is 19.1. The summed E-state index contributed by atoms with van der Waals surface area (Å²) in [4.78, 5) is 26.2. The first-order valence-electron chi connectivity index (χ1n) is 8.92. The number of likely N-dealkylation sites (tertiary alicyclic amines) is 1. The maximum atomic E-state index is 12.5. The molecule has 0 bridgehead atoms. The van der Waals surface area contributed by atoms with E-state index in [2.05, 4.69) is 10.2 Å². The number of aliphatic hydroxyl groups is 1. The first-order valence-corrected chi connectivity index (χ1v) is 8.92. The minimum Gasteiger partial charge on any atom is -0.465 e. The van der Waals surface area contributed by atoms with Crippen LogP contribution in [0.15, 0.2) is 48.5 Å². The van der Waals surface area contributed by atoms with Crippen LogP contribution in [0, 0.1) is 0 Å². The quantitative estimate of drug-likeness (QED) is 0.789. The third-order valence-corrected chi connectivity index (χ3v) is 5.00. The topological polar surface area (TPSA) is 78.9 Å². The number of rotatable bonds is 5. The Bertz CT molecular complexity index is 819. The minimum atomic E-state index is -0.379. The number of nitrogens with zero attached hydrogens (tertiary/aromatic N) is 1. The van der Waals surface area contributed by atoms with Gasteiger partial charge in [-0.25, -0.2) is 4.79 Å². The molecule has 142 valence electrons. The zero-order valence-electron chi connectivity index (χ0n) is 15.5. The summed E-state index contributed by atoms with van der Waals surface area (Å²) >= 11 is 0. The van der Waals surface area contributed by atoms with E-state index < -0.39 is 0 Å². The van der Waals surface area contributed by atoms with Crippen LogP contribution in [0.4, 0.5) is 0 Å². The Labute approximate surface area is 158 Å². The highest BCUT2D eigenvalue weighted by atomic mass is 16.5. The van der Waals surface area contributed by atoms with E-state index in [1.807, 2.05) is 25.2 Å². The summed E-state index contributed by atoms with van der Waals surface area (Å²) in [5.74, 6) is -0.502. The van der Waals surface area contributed by atoms with E-state index in [0.29, 0.717) is 11.1 Å². The van der Waals surface area contributed by atoms with E-state index in [1.165, 1.54) is 7.11 Å². The number of ether oxygens (including phenoxy) is 1. The van der Waals surface area contributed by atoms with Gasteiger partial charge in [0.25, 0.3) is 5.91 Å². The Hall–Kier alpha value is -2.70. The molecular formula is C21H24N2O4. The van der Waals surface area contributed by atoms with Crippen molar-refractivity contribution in [2.45, 2.75) is 18.5 Å². The largest absolute Gasteiger partial charge is 0.465 e. The third-order valence-electron chi connectivity index (χ3n) is 5.00. The second kappa shape index (κ2) is 8.33. The molecule has 0 aliphatic carbocycles. The Morgan fingerprint density at radius 3 is 2.52 bits per heavy atom. The summed E-state index contributed by atoms with van der Waals surface area (Å²) in [6.45, 7) is 0.831. The summed E-state index contributed by atoms with van der Waals surface area (Å²) in [5, 5.41) is 12.4. The number of amides is 1. The second-order valence-corrected chi connectivity index (χ2v) is 6.83. The maximum Gasteiger partial charge on any atom is 0.337 e. The SMILES string of the molecule is COC(=O)c1cccc(-c2ccc(C(=O)NC3CC(CO)N(C)C3)cc2)c1. The van der Waals surface area contributed by atoms with E-state index in [-0.39, 0.29) is 30.6 Å². The monoisotopic (exact) mass is 368 g/mol. The van der Waals surface area contributed by atoms with E-state index in [4.69, 9.17) is 4.74 Å². The highest BCUT2D eigenvalue weighted by molar-refractivity contribution is 5.95. The van der Waals surface area contributed by atoms with Crippen LogP contribution >= 0.6 is 0 Å². The van der Waals surface area contributed by atoms with Crippen molar-refractivity contribution in [3.8, 4) is 11.1 Å². The van der Waals surface area contributed by atoms with Crippen LogP contribution in [-0.4, -0.2) is 61.3 Å². The predicted molar refractivity (Wildman–Crippen MR) is 103 cm³/mol. The number of carbonyl (C=O) groups is 2. The minimum absolute atomic E-state index is 0.0380. The number of aliphatic hydroxyl groups excluding tert-OH is 1. The fourth-order valence-corrected chi connectivity index (χ4v) is 3.42. The molecule has 6 heteroatoms. The lowest BCUT2D eigenvalue weighted by Crippen LogP contribution is -2.36. The van der Waals surface area contributed by atoms with Gasteiger partial charge < -0.3 is 15.2 Å². The van der Waals surface area contributed by atoms with Gasteiger partial charge in [-0.3, -0.25) is 9.69 Å². The van der Waals surface area contributed by atoms with Crippen molar-refractivity contribution in [2.75, 3.05) is 27.3 Å². The average molecular weight is 368 g/mol. The number of hydrogen-bond acceptors (Lipinski definition) is 5. The molecule has 1 heterocycles. The zero-order valence-corrected chi connectivity index (χ0v) is 15.5. The van der Waals surface area contributed by atoms with Gasteiger partial charge in [0.1, 0.15) is 0 Å². The lowest BCUT2D eigenvalue weighted by Gasteiger charge is -2.15. The number of carbonyl (C=O) groups excluding carboxylic acids is 2. The lowest BCUT2D eigenvalue weighted by atomic mass is 10.0. The van der Waals surface area contributed by atoms with Gasteiger partial charge in [-0.2, -0.15) is 0 Å². The molecule has 2 atom stereocenters. The molecule has 1 aliphatic rings. The van der Waals surface area contributed by atoms with Gasteiger partial charge >= 0.3 is 5.97 Å². The van der Waals surface area contributed by atoms with Crippen LogP contribution in [0.5, 0.6) is 0 Å². The van der Waals surface area contributed by atoms with Crippen LogP contribution in [0.1, 0.15) is 27.1 Å². The molecule has 2 unspecified atom stereocenters. The molecule has 1 saturated heterocycles. The average Bonchev–Trinajstić information content (AvgIpc) is 3.06. The fourth-order valence-electron chi connectivity index (χ4n) is 3.42. The van der Waals surface area contributed by atoms with Gasteiger partial charge in [0.15, 0.2) is 0 Å². The first-order chi connectivity index (χ1) is 13.0. The fraction of sp³-hybridized carbons (Fsp3) is 0.333. The van der Waals surface area contributed by atoms with Crippen molar-refractivity contribution in [3.05, 3.63) is 59.7 Å². The van der Waals surface area contributed by atoms with Crippen LogP contribution in [0.3, 0.4) is 0 Å². The molecule has 0 spiro atoms. The number of methoxy groups -OCH3 is 1. The molecule has 27 heavy (non-hydrogen) atoms. The van der Waals surface area contributed by atoms with E-state index in [9.17, 15) is 14.7 Å². The van der Waals surface area contributed by atoms with Gasteiger partial charge in [0, 0.05) is 24.2 Å². The van der Waals surface area contributed by atoms with Crippen LogP contribution in [0.2, 0.25) is 0 Å². The molecule has 1 amide bonds. The van der Waals surface area contributed by atoms with Crippen molar-refractivity contribution in [3.63, 3.8) is 0 Å². The van der Waals surface area contributed by atoms with Crippen LogP contribution < -0.4 is 5.32 Å². The lowest BCUT2D eigenvalue weighted by molar-refractivity contribution is 0.0600.